The number of likely N-dealkylation sites (N-methyl/N-ethyl adjacent to an activating group) is 1. The molecule has 1 fully saturated rings. The largest absolute Gasteiger partial charge is 0.493 e. The Hall–Kier alpha value is -3.06. The van der Waals surface area contributed by atoms with Crippen LogP contribution in [0.2, 0.25) is 0 Å². The van der Waals surface area contributed by atoms with Crippen LogP contribution in [0.3, 0.4) is 0 Å². The fourth-order valence-electron chi connectivity index (χ4n) is 3.16. The molecule has 1 saturated heterocycles. The SMILES string of the molecule is Cc1ccc(OCCC(=O)N(C)CC(=O)Nc2ccc(N3CCOCC3)cc2)cc1. The number of anilines is 2. The van der Waals surface area contributed by atoms with Gasteiger partial charge >= 0.3 is 0 Å². The number of hydrogen-bond acceptors (Lipinski definition) is 5. The molecule has 30 heavy (non-hydrogen) atoms. The summed E-state index contributed by atoms with van der Waals surface area (Å²) in [5, 5.41) is 2.84. The smallest absolute Gasteiger partial charge is 0.243 e. The maximum Gasteiger partial charge on any atom is 0.243 e. The first-order valence-electron chi connectivity index (χ1n) is 10.2. The maximum absolute atomic E-state index is 12.3. The molecule has 1 aliphatic rings. The second kappa shape index (κ2) is 10.6. The highest BCUT2D eigenvalue weighted by atomic mass is 16.5. The molecule has 0 radical (unpaired) electrons. The molecule has 7 heteroatoms. The Balaban J connectivity index is 1.39. The van der Waals surface area contributed by atoms with Crippen LogP contribution in [0.4, 0.5) is 11.4 Å². The average molecular weight is 412 g/mol. The Morgan fingerprint density at radius 1 is 1.07 bits per heavy atom. The monoisotopic (exact) mass is 411 g/mol. The minimum Gasteiger partial charge on any atom is -0.493 e. The van der Waals surface area contributed by atoms with E-state index in [1.54, 1.807) is 7.05 Å². The molecule has 7 nitrogen and oxygen atoms in total. The molecule has 1 aliphatic heterocycles. The van der Waals surface area contributed by atoms with Gasteiger partial charge < -0.3 is 24.6 Å². The first kappa shape index (κ1) is 21.6. The first-order chi connectivity index (χ1) is 14.5. The van der Waals surface area contributed by atoms with Gasteiger partial charge in [-0.15, -0.1) is 0 Å². The average Bonchev–Trinajstić information content (AvgIpc) is 2.76. The van der Waals surface area contributed by atoms with Crippen LogP contribution in [0, 0.1) is 6.92 Å². The highest BCUT2D eigenvalue weighted by molar-refractivity contribution is 5.94. The number of amides is 2. The van der Waals surface area contributed by atoms with Crippen molar-refractivity contribution >= 4 is 23.2 Å². The molecular formula is C23H29N3O4. The third-order valence-electron chi connectivity index (χ3n) is 4.94. The van der Waals surface area contributed by atoms with Gasteiger partial charge in [0.2, 0.25) is 11.8 Å². The second-order valence-corrected chi connectivity index (χ2v) is 7.36. The van der Waals surface area contributed by atoms with Gasteiger partial charge in [0.1, 0.15) is 5.75 Å². The highest BCUT2D eigenvalue weighted by Gasteiger charge is 2.14. The number of nitrogens with zero attached hydrogens (tertiary/aromatic N) is 2. The number of benzene rings is 2. The molecule has 0 aromatic heterocycles. The van der Waals surface area contributed by atoms with Crippen molar-refractivity contribution in [2.75, 3.05) is 56.7 Å². The highest BCUT2D eigenvalue weighted by Crippen LogP contribution is 2.19. The number of ether oxygens (including phenoxy) is 2. The Morgan fingerprint density at radius 3 is 2.40 bits per heavy atom. The number of aryl methyl sites for hydroxylation is 1. The van der Waals surface area contributed by atoms with Gasteiger partial charge in [-0.25, -0.2) is 0 Å². The van der Waals surface area contributed by atoms with Crippen molar-refractivity contribution in [3.05, 3.63) is 54.1 Å². The summed E-state index contributed by atoms with van der Waals surface area (Å²) in [6.45, 7) is 5.47. The summed E-state index contributed by atoms with van der Waals surface area (Å²) in [4.78, 5) is 28.2. The Labute approximate surface area is 177 Å². The van der Waals surface area contributed by atoms with Crippen molar-refractivity contribution in [3.8, 4) is 5.75 Å². The topological polar surface area (TPSA) is 71.1 Å². The molecule has 2 amide bonds. The molecule has 0 bridgehead atoms. The molecule has 0 spiro atoms. The van der Waals surface area contributed by atoms with Gasteiger partial charge in [0.15, 0.2) is 0 Å². The first-order valence-corrected chi connectivity index (χ1v) is 10.2. The molecule has 0 unspecified atom stereocenters. The van der Waals surface area contributed by atoms with Crippen LogP contribution in [0.1, 0.15) is 12.0 Å². The minimum absolute atomic E-state index is 0.00538. The lowest BCUT2D eigenvalue weighted by atomic mass is 10.2. The van der Waals surface area contributed by atoms with Crippen LogP contribution in [0.5, 0.6) is 5.75 Å². The fraction of sp³-hybridized carbons (Fsp3) is 0.391. The van der Waals surface area contributed by atoms with E-state index < -0.39 is 0 Å². The predicted octanol–water partition coefficient (Wildman–Crippen LogP) is 2.70. The molecule has 160 valence electrons. The van der Waals surface area contributed by atoms with Crippen molar-refractivity contribution in [2.45, 2.75) is 13.3 Å². The van der Waals surface area contributed by atoms with E-state index in [1.165, 1.54) is 4.90 Å². The maximum atomic E-state index is 12.3. The molecule has 2 aromatic rings. The lowest BCUT2D eigenvalue weighted by molar-refractivity contribution is -0.133. The molecular weight excluding hydrogens is 382 g/mol. The summed E-state index contributed by atoms with van der Waals surface area (Å²) in [6, 6.07) is 15.4. The molecule has 0 aliphatic carbocycles. The Morgan fingerprint density at radius 2 is 1.73 bits per heavy atom. The van der Waals surface area contributed by atoms with Crippen molar-refractivity contribution in [1.29, 1.82) is 0 Å². The number of carbonyl (C=O) groups excluding carboxylic acids is 2. The molecule has 1 N–H and O–H groups in total. The van der Waals surface area contributed by atoms with Gasteiger partial charge in [0.25, 0.3) is 0 Å². The van der Waals surface area contributed by atoms with Gasteiger partial charge in [-0.1, -0.05) is 17.7 Å². The Bertz CT molecular complexity index is 831. The van der Waals surface area contributed by atoms with E-state index in [2.05, 4.69) is 10.2 Å². The summed E-state index contributed by atoms with van der Waals surface area (Å²) < 4.78 is 11.0. The van der Waals surface area contributed by atoms with Crippen molar-refractivity contribution < 1.29 is 19.1 Å². The summed E-state index contributed by atoms with van der Waals surface area (Å²) in [5.41, 5.74) is 2.97. The molecule has 0 saturated carbocycles. The minimum atomic E-state index is -0.232. The number of rotatable bonds is 8. The normalized spacial score (nSPS) is 13.6. The molecule has 1 heterocycles. The lowest BCUT2D eigenvalue weighted by Crippen LogP contribution is -2.36. The summed E-state index contributed by atoms with van der Waals surface area (Å²) in [6.07, 6.45) is 0.214. The van der Waals surface area contributed by atoms with E-state index in [9.17, 15) is 9.59 Å². The van der Waals surface area contributed by atoms with Crippen LogP contribution in [-0.4, -0.2) is 63.2 Å². The van der Waals surface area contributed by atoms with Crippen LogP contribution in [-0.2, 0) is 14.3 Å². The number of nitrogens with one attached hydrogen (secondary N) is 1. The van der Waals surface area contributed by atoms with Gasteiger partial charge in [0, 0.05) is 31.5 Å². The zero-order valence-electron chi connectivity index (χ0n) is 17.6. The predicted molar refractivity (Wildman–Crippen MR) is 117 cm³/mol. The standard InChI is InChI=1S/C23H29N3O4/c1-18-3-9-21(10-4-18)30-14-11-23(28)25(2)17-22(27)24-19-5-7-20(8-6-19)26-12-15-29-16-13-26/h3-10H,11-17H2,1-2H3,(H,24,27). The van der Waals surface area contributed by atoms with Crippen LogP contribution < -0.4 is 15.0 Å². The van der Waals surface area contributed by atoms with Crippen molar-refractivity contribution in [3.63, 3.8) is 0 Å². The van der Waals surface area contributed by atoms with E-state index >= 15 is 0 Å². The van der Waals surface area contributed by atoms with Gasteiger partial charge in [-0.05, 0) is 43.3 Å². The van der Waals surface area contributed by atoms with Gasteiger partial charge in [-0.2, -0.15) is 0 Å². The quantitative estimate of drug-likeness (QED) is 0.723. The number of morpholine rings is 1. The van der Waals surface area contributed by atoms with Crippen LogP contribution in [0.15, 0.2) is 48.5 Å². The molecule has 3 rings (SSSR count). The third kappa shape index (κ3) is 6.49. The summed E-state index contributed by atoms with van der Waals surface area (Å²) >= 11 is 0. The van der Waals surface area contributed by atoms with E-state index in [0.29, 0.717) is 5.69 Å². The lowest BCUT2D eigenvalue weighted by Gasteiger charge is -2.28. The zero-order chi connectivity index (χ0) is 21.3. The van der Waals surface area contributed by atoms with Crippen molar-refractivity contribution in [1.82, 2.24) is 4.90 Å². The van der Waals surface area contributed by atoms with E-state index in [0.717, 1.165) is 43.3 Å². The fourth-order valence-corrected chi connectivity index (χ4v) is 3.16. The number of carbonyl (C=O) groups is 2. The van der Waals surface area contributed by atoms with E-state index in [4.69, 9.17) is 9.47 Å². The Kier molecular flexibility index (Phi) is 7.68. The van der Waals surface area contributed by atoms with E-state index in [1.807, 2.05) is 55.5 Å². The van der Waals surface area contributed by atoms with Crippen molar-refractivity contribution in [2.24, 2.45) is 0 Å². The van der Waals surface area contributed by atoms with Gasteiger partial charge in [0.05, 0.1) is 32.8 Å². The van der Waals surface area contributed by atoms with Crippen LogP contribution >= 0.6 is 0 Å². The molecule has 0 atom stereocenters. The zero-order valence-corrected chi connectivity index (χ0v) is 17.6. The van der Waals surface area contributed by atoms with Gasteiger partial charge in [-0.3, -0.25) is 9.59 Å². The summed E-state index contributed by atoms with van der Waals surface area (Å²) in [7, 11) is 1.62. The van der Waals surface area contributed by atoms with Crippen LogP contribution in [0.25, 0.3) is 0 Å². The molecule has 2 aromatic carbocycles. The third-order valence-corrected chi connectivity index (χ3v) is 4.94. The second-order valence-electron chi connectivity index (χ2n) is 7.36. The summed E-state index contributed by atoms with van der Waals surface area (Å²) in [5.74, 6) is 0.360. The van der Waals surface area contributed by atoms with E-state index in [-0.39, 0.29) is 31.4 Å². The number of hydrogen-bond donors (Lipinski definition) is 1.